The first-order valence-corrected chi connectivity index (χ1v) is 11.6. The molecular weight excluding hydrogens is 456 g/mol. The average molecular weight is 477 g/mol. The summed E-state index contributed by atoms with van der Waals surface area (Å²) in [5, 5.41) is 0.441. The van der Waals surface area contributed by atoms with Gasteiger partial charge in [-0.15, -0.1) is 0 Å². The van der Waals surface area contributed by atoms with E-state index in [0.29, 0.717) is 12.8 Å². The van der Waals surface area contributed by atoms with Crippen LogP contribution in [0.2, 0.25) is 0 Å². The number of carbonyl (C=O) groups is 1. The lowest BCUT2D eigenvalue weighted by molar-refractivity contribution is -0.152. The van der Waals surface area contributed by atoms with Gasteiger partial charge in [0.1, 0.15) is 23.2 Å². The lowest BCUT2D eigenvalue weighted by Crippen LogP contribution is -2.41. The fraction of sp³-hybridized carbons (Fsp3) is 0.381. The first-order valence-electron chi connectivity index (χ1n) is 9.99. The molecule has 11 heteroatoms. The molecule has 0 heterocycles. The van der Waals surface area contributed by atoms with Crippen molar-refractivity contribution >= 4 is 18.8 Å². The summed E-state index contributed by atoms with van der Waals surface area (Å²) in [5.41, 5.74) is 0. The Labute approximate surface area is 181 Å². The second-order valence-corrected chi connectivity index (χ2v) is 9.41. The molecule has 1 saturated carbocycles. The maximum atomic E-state index is 14.5. The zero-order valence-corrected chi connectivity index (χ0v) is 17.9. The molecule has 1 fully saturated rings. The molecule has 0 radical (unpaired) electrons. The predicted octanol–water partition coefficient (Wildman–Crippen LogP) is 5.13. The number of ether oxygens (including phenoxy) is 1. The second-order valence-electron chi connectivity index (χ2n) is 7.42. The first kappa shape index (κ1) is 24.2. The Morgan fingerprint density at radius 3 is 2.03 bits per heavy atom. The number of hydrogen-bond donors (Lipinski definition) is 1. The number of carbonyl (C=O) groups excluding carboxylic acids is 1. The summed E-state index contributed by atoms with van der Waals surface area (Å²) in [7, 11) is -5.05. The zero-order chi connectivity index (χ0) is 23.5. The van der Waals surface area contributed by atoms with Crippen LogP contribution in [0.3, 0.4) is 0 Å². The third-order valence-corrected chi connectivity index (χ3v) is 7.19. The van der Waals surface area contributed by atoms with Gasteiger partial charge in [-0.2, -0.15) is 0 Å². The number of benzene rings is 2. The van der Waals surface area contributed by atoms with E-state index in [1.54, 1.807) is 6.07 Å². The molecule has 3 rings (SSSR count). The highest BCUT2D eigenvalue weighted by Crippen LogP contribution is 2.45. The van der Waals surface area contributed by atoms with Crippen LogP contribution in [0.1, 0.15) is 39.0 Å². The Balaban J connectivity index is 1.97. The maximum absolute atomic E-state index is 14.5. The van der Waals surface area contributed by atoms with Crippen molar-refractivity contribution < 1.29 is 40.6 Å². The highest BCUT2D eigenvalue weighted by atomic mass is 31.2. The quantitative estimate of drug-likeness (QED) is 0.197. The van der Waals surface area contributed by atoms with Gasteiger partial charge in [0, 0.05) is 0 Å². The Hall–Kier alpha value is -2.45. The van der Waals surface area contributed by atoms with Gasteiger partial charge in [-0.05, 0) is 44.7 Å². The zero-order valence-electron chi connectivity index (χ0n) is 17.0. The van der Waals surface area contributed by atoms with Gasteiger partial charge in [0.2, 0.25) is 5.82 Å². The fourth-order valence-electron chi connectivity index (χ4n) is 3.38. The van der Waals surface area contributed by atoms with E-state index in [1.807, 2.05) is 0 Å². The molecule has 0 aliphatic heterocycles. The molecule has 0 spiro atoms. The van der Waals surface area contributed by atoms with Crippen LogP contribution in [0.5, 0.6) is 5.75 Å². The first-order chi connectivity index (χ1) is 15.1. The Bertz CT molecular complexity index is 1000. The number of nitrogens with one attached hydrogen (secondary N) is 1. The van der Waals surface area contributed by atoms with Crippen molar-refractivity contribution in [2.24, 2.45) is 0 Å². The van der Waals surface area contributed by atoms with Gasteiger partial charge in [0.15, 0.2) is 23.3 Å². The van der Waals surface area contributed by atoms with Gasteiger partial charge in [0.25, 0.3) is 0 Å². The summed E-state index contributed by atoms with van der Waals surface area (Å²) in [6, 6.07) is 5.55. The monoisotopic (exact) mass is 477 g/mol. The number of hydrogen-bond acceptors (Lipinski definition) is 4. The molecular formula is C21H21F5NO4P. The van der Waals surface area contributed by atoms with E-state index < -0.39 is 53.9 Å². The predicted molar refractivity (Wildman–Crippen MR) is 106 cm³/mol. The molecule has 1 aliphatic rings. The van der Waals surface area contributed by atoms with E-state index in [9.17, 15) is 31.3 Å². The van der Waals surface area contributed by atoms with Crippen LogP contribution >= 0.6 is 7.52 Å². The van der Waals surface area contributed by atoms with Crippen LogP contribution in [0.25, 0.3) is 0 Å². The minimum absolute atomic E-state index is 0.180. The van der Waals surface area contributed by atoms with Crippen molar-refractivity contribution in [1.82, 2.24) is 5.09 Å². The number of para-hydroxylation sites is 1. The Morgan fingerprint density at radius 2 is 1.47 bits per heavy atom. The minimum atomic E-state index is -5.05. The van der Waals surface area contributed by atoms with Crippen molar-refractivity contribution in [2.75, 3.05) is 0 Å². The highest BCUT2D eigenvalue weighted by molar-refractivity contribution is 7.65. The summed E-state index contributed by atoms with van der Waals surface area (Å²) in [4.78, 5) is 12.5. The molecule has 2 atom stereocenters. The summed E-state index contributed by atoms with van der Waals surface area (Å²) < 4.78 is 94.3. The largest absolute Gasteiger partial charge is 0.461 e. The minimum Gasteiger partial charge on any atom is -0.461 e. The molecule has 5 nitrogen and oxygen atoms in total. The summed E-state index contributed by atoms with van der Waals surface area (Å²) in [5.74, 6) is -12.7. The van der Waals surface area contributed by atoms with E-state index in [2.05, 4.69) is 5.09 Å². The van der Waals surface area contributed by atoms with Gasteiger partial charge in [-0.3, -0.25) is 9.36 Å². The SMILES string of the molecule is C[C@H](NP(=O)(Oc1ccccc1)c1c(F)c(F)c(F)c(F)c1F)C(=O)OC1CCCCC1. The van der Waals surface area contributed by atoms with Crippen LogP contribution in [-0.4, -0.2) is 18.1 Å². The van der Waals surface area contributed by atoms with E-state index in [4.69, 9.17) is 9.26 Å². The van der Waals surface area contributed by atoms with E-state index in [0.717, 1.165) is 19.3 Å². The van der Waals surface area contributed by atoms with Gasteiger partial charge >= 0.3 is 13.5 Å². The van der Waals surface area contributed by atoms with Crippen molar-refractivity contribution in [2.45, 2.75) is 51.2 Å². The molecule has 2 aromatic carbocycles. The summed E-state index contributed by atoms with van der Waals surface area (Å²) in [6.45, 7) is 1.19. The van der Waals surface area contributed by atoms with E-state index >= 15 is 0 Å². The third-order valence-electron chi connectivity index (χ3n) is 5.01. The molecule has 0 bridgehead atoms. The maximum Gasteiger partial charge on any atom is 0.353 e. The molecule has 1 unspecified atom stereocenters. The van der Waals surface area contributed by atoms with Gasteiger partial charge < -0.3 is 9.26 Å². The van der Waals surface area contributed by atoms with Crippen LogP contribution in [0.15, 0.2) is 30.3 Å². The average Bonchev–Trinajstić information content (AvgIpc) is 2.77. The van der Waals surface area contributed by atoms with Crippen molar-refractivity contribution in [3.63, 3.8) is 0 Å². The third kappa shape index (κ3) is 5.13. The highest BCUT2D eigenvalue weighted by Gasteiger charge is 2.42. The fourth-order valence-corrected chi connectivity index (χ4v) is 5.40. The number of esters is 1. The molecule has 0 aromatic heterocycles. The lowest BCUT2D eigenvalue weighted by atomic mass is 9.98. The lowest BCUT2D eigenvalue weighted by Gasteiger charge is -2.27. The van der Waals surface area contributed by atoms with Crippen molar-refractivity contribution in [3.8, 4) is 5.75 Å². The van der Waals surface area contributed by atoms with Crippen LogP contribution in [0.4, 0.5) is 22.0 Å². The Morgan fingerprint density at radius 1 is 0.938 bits per heavy atom. The number of halogens is 5. The Kier molecular flexibility index (Phi) is 7.56. The molecule has 32 heavy (non-hydrogen) atoms. The summed E-state index contributed by atoms with van der Waals surface area (Å²) >= 11 is 0. The summed E-state index contributed by atoms with van der Waals surface area (Å²) in [6.07, 6.45) is 3.62. The molecule has 2 aromatic rings. The van der Waals surface area contributed by atoms with Gasteiger partial charge in [-0.1, -0.05) is 24.6 Å². The van der Waals surface area contributed by atoms with Crippen molar-refractivity contribution in [1.29, 1.82) is 0 Å². The normalized spacial score (nSPS) is 17.4. The van der Waals surface area contributed by atoms with Crippen molar-refractivity contribution in [3.05, 3.63) is 59.4 Å². The molecule has 174 valence electrons. The topological polar surface area (TPSA) is 64.6 Å². The second kappa shape index (κ2) is 10.0. The standard InChI is InChI=1S/C21H21F5NO4P/c1-12(21(28)30-13-8-4-2-5-9-13)27-32(29,31-14-10-6-3-7-11-14)20-18(25)16(23)15(22)17(24)19(20)26/h3,6-7,10-13H,2,4-5,8-9H2,1H3,(H,27,29)/t12-,32?/m0/s1. The van der Waals surface area contributed by atoms with Gasteiger partial charge in [0.05, 0.1) is 0 Å². The molecule has 0 amide bonds. The van der Waals surface area contributed by atoms with E-state index in [-0.39, 0.29) is 11.9 Å². The molecule has 1 aliphatic carbocycles. The van der Waals surface area contributed by atoms with Crippen LogP contribution < -0.4 is 14.9 Å². The van der Waals surface area contributed by atoms with Gasteiger partial charge in [-0.25, -0.2) is 27.0 Å². The van der Waals surface area contributed by atoms with E-state index in [1.165, 1.54) is 31.2 Å². The molecule has 1 N–H and O–H groups in total. The molecule has 0 saturated heterocycles. The van der Waals surface area contributed by atoms with Crippen LogP contribution in [-0.2, 0) is 14.1 Å². The van der Waals surface area contributed by atoms with Crippen LogP contribution in [0, 0.1) is 29.1 Å². The number of rotatable bonds is 7. The smallest absolute Gasteiger partial charge is 0.353 e.